The third-order valence-electron chi connectivity index (χ3n) is 3.06. The minimum Gasteiger partial charge on any atom is -0.109 e. The van der Waals surface area contributed by atoms with Crippen molar-refractivity contribution in [2.75, 3.05) is 5.34 Å². The van der Waals surface area contributed by atoms with E-state index in [1.165, 1.54) is 20.6 Å². The Bertz CT molecular complexity index is 249. The molecular formula is C11H17Cl2Ti. The Labute approximate surface area is 109 Å². The van der Waals surface area contributed by atoms with Crippen LogP contribution in [0.2, 0.25) is 0 Å². The van der Waals surface area contributed by atoms with Crippen LogP contribution in [0.15, 0.2) is 20.6 Å². The van der Waals surface area contributed by atoms with Crippen LogP contribution in [0.5, 0.6) is 0 Å². The standard InChI is InChI=1S/C10H15.CH2Cl2.Ti/c1-7-6-10(4,5)9(3)8(7)2;2-1-3;/h1-5H3;1H2;. The molecule has 0 nitrogen and oxygen atoms in total. The van der Waals surface area contributed by atoms with Gasteiger partial charge in [0.05, 0.1) is 5.34 Å². The molecule has 0 amide bonds. The summed E-state index contributed by atoms with van der Waals surface area (Å²) in [4.78, 5) is 0. The quantitative estimate of drug-likeness (QED) is 0.444. The Morgan fingerprint density at radius 1 is 1.07 bits per heavy atom. The molecule has 1 aliphatic rings. The van der Waals surface area contributed by atoms with Gasteiger partial charge in [-0.2, -0.15) is 0 Å². The van der Waals surface area contributed by atoms with E-state index in [0.29, 0.717) is 5.41 Å². The van der Waals surface area contributed by atoms with Gasteiger partial charge in [0.15, 0.2) is 0 Å². The minimum atomic E-state index is 0.194. The summed E-state index contributed by atoms with van der Waals surface area (Å²) in [7, 11) is 0. The van der Waals surface area contributed by atoms with Gasteiger partial charge >= 0.3 is 81.1 Å². The third-order valence-corrected chi connectivity index (χ3v) is 4.62. The van der Waals surface area contributed by atoms with Crippen molar-refractivity contribution in [2.45, 2.75) is 34.6 Å². The second-order valence-corrected chi connectivity index (χ2v) is 5.56. The SMILES string of the molecule is CC1=C(C)C(C)(C)[C]([Ti])=C1C.ClCCl. The van der Waals surface area contributed by atoms with Gasteiger partial charge < -0.3 is 0 Å². The van der Waals surface area contributed by atoms with E-state index in [9.17, 15) is 0 Å². The molecule has 0 aromatic rings. The first-order valence-electron chi connectivity index (χ1n) is 4.53. The fraction of sp³-hybridized carbons (Fsp3) is 0.636. The van der Waals surface area contributed by atoms with Crippen LogP contribution in [0, 0.1) is 5.41 Å². The van der Waals surface area contributed by atoms with Crippen molar-refractivity contribution in [3.8, 4) is 0 Å². The summed E-state index contributed by atoms with van der Waals surface area (Å²) in [6.07, 6.45) is 0. The number of allylic oxidation sites excluding steroid dienone is 4. The molecule has 0 saturated carbocycles. The molecule has 0 saturated heterocycles. The molecule has 3 heteroatoms. The topological polar surface area (TPSA) is 0 Å². The molecule has 0 aromatic heterocycles. The molecule has 0 unspecified atom stereocenters. The van der Waals surface area contributed by atoms with E-state index < -0.39 is 0 Å². The second-order valence-electron chi connectivity index (χ2n) is 3.98. The zero-order valence-corrected chi connectivity index (χ0v) is 12.5. The first-order chi connectivity index (χ1) is 6.30. The van der Waals surface area contributed by atoms with E-state index in [-0.39, 0.29) is 5.34 Å². The van der Waals surface area contributed by atoms with Crippen LogP contribution in [-0.4, -0.2) is 5.34 Å². The van der Waals surface area contributed by atoms with Crippen molar-refractivity contribution in [1.29, 1.82) is 0 Å². The second kappa shape index (κ2) is 5.75. The summed E-state index contributed by atoms with van der Waals surface area (Å²) in [5, 5.41) is 0.194. The van der Waals surface area contributed by atoms with E-state index >= 15 is 0 Å². The fourth-order valence-corrected chi connectivity index (χ4v) is 2.18. The molecule has 0 aliphatic heterocycles. The van der Waals surface area contributed by atoms with Gasteiger partial charge in [-0.3, -0.25) is 0 Å². The average molecular weight is 268 g/mol. The predicted octanol–water partition coefficient (Wildman–Crippen LogP) is 4.60. The normalized spacial score (nSPS) is 19.6. The molecule has 0 heterocycles. The first-order valence-corrected chi connectivity index (χ1v) is 6.38. The maximum absolute atomic E-state index is 4.76. The van der Waals surface area contributed by atoms with Crippen LogP contribution in [0.25, 0.3) is 0 Å². The zero-order valence-electron chi connectivity index (χ0n) is 9.46. The van der Waals surface area contributed by atoms with Gasteiger partial charge in [-0.1, -0.05) is 0 Å². The van der Waals surface area contributed by atoms with E-state index in [4.69, 9.17) is 23.2 Å². The largest absolute Gasteiger partial charge is 0.109 e. The summed E-state index contributed by atoms with van der Waals surface area (Å²) in [6, 6.07) is 0. The Morgan fingerprint density at radius 2 is 1.43 bits per heavy atom. The molecule has 0 spiro atoms. The Hall–Kier alpha value is 0.774. The van der Waals surface area contributed by atoms with Crippen molar-refractivity contribution < 1.29 is 20.4 Å². The molecule has 14 heavy (non-hydrogen) atoms. The summed E-state index contributed by atoms with van der Waals surface area (Å²) in [6.45, 7) is 11.3. The van der Waals surface area contributed by atoms with Gasteiger partial charge in [-0.15, -0.1) is 23.2 Å². The third kappa shape index (κ3) is 2.89. The van der Waals surface area contributed by atoms with Crippen molar-refractivity contribution in [1.82, 2.24) is 0 Å². The molecule has 0 atom stereocenters. The van der Waals surface area contributed by atoms with E-state index in [2.05, 4.69) is 55.1 Å². The van der Waals surface area contributed by atoms with Crippen LogP contribution in [0.3, 0.4) is 0 Å². The number of hydrogen-bond acceptors (Lipinski definition) is 0. The summed E-state index contributed by atoms with van der Waals surface area (Å²) in [5.74, 6) is 0. The maximum atomic E-state index is 4.76. The van der Waals surface area contributed by atoms with E-state index in [1.807, 2.05) is 0 Å². The monoisotopic (exact) mass is 267 g/mol. The molecule has 0 radical (unpaired) electrons. The van der Waals surface area contributed by atoms with Crippen LogP contribution in [0.1, 0.15) is 34.6 Å². The summed E-state index contributed by atoms with van der Waals surface area (Å²) >= 11 is 11.8. The van der Waals surface area contributed by atoms with Gasteiger partial charge in [-0.25, -0.2) is 0 Å². The van der Waals surface area contributed by atoms with Crippen LogP contribution in [-0.2, 0) is 20.4 Å². The van der Waals surface area contributed by atoms with Crippen LogP contribution >= 0.6 is 23.2 Å². The number of rotatable bonds is 0. The van der Waals surface area contributed by atoms with Gasteiger partial charge in [0.25, 0.3) is 0 Å². The fourth-order valence-electron chi connectivity index (χ4n) is 1.59. The summed E-state index contributed by atoms with van der Waals surface area (Å²) < 4.78 is 1.53. The Balaban J connectivity index is 0.000000500. The van der Waals surface area contributed by atoms with Gasteiger partial charge in [0.1, 0.15) is 0 Å². The summed E-state index contributed by atoms with van der Waals surface area (Å²) in [5.41, 5.74) is 4.83. The molecule has 0 bridgehead atoms. The molecular weight excluding hydrogens is 251 g/mol. The van der Waals surface area contributed by atoms with Gasteiger partial charge in [0.2, 0.25) is 0 Å². The predicted molar refractivity (Wildman–Crippen MR) is 61.4 cm³/mol. The van der Waals surface area contributed by atoms with Crippen molar-refractivity contribution in [3.63, 3.8) is 0 Å². The van der Waals surface area contributed by atoms with E-state index in [1.54, 1.807) is 0 Å². The smallest absolute Gasteiger partial charge is 0.0967 e. The minimum absolute atomic E-state index is 0.194. The van der Waals surface area contributed by atoms with E-state index in [0.717, 1.165) is 0 Å². The van der Waals surface area contributed by atoms with Crippen molar-refractivity contribution in [2.24, 2.45) is 5.41 Å². The molecule has 1 rings (SSSR count). The molecule has 0 fully saturated rings. The molecule has 1 aliphatic carbocycles. The van der Waals surface area contributed by atoms with Crippen molar-refractivity contribution >= 4 is 23.2 Å². The Kier molecular flexibility index (Phi) is 6.07. The molecule has 0 aromatic carbocycles. The first kappa shape index (κ1) is 14.8. The number of alkyl halides is 2. The maximum Gasteiger partial charge on any atom is 0.0967 e. The van der Waals surface area contributed by atoms with Gasteiger partial charge in [-0.05, 0) is 0 Å². The number of halogens is 2. The Morgan fingerprint density at radius 3 is 1.50 bits per heavy atom. The zero-order chi connectivity index (χ0) is 11.5. The van der Waals surface area contributed by atoms with Crippen LogP contribution in [0.4, 0.5) is 0 Å². The molecule has 0 N–H and O–H groups in total. The molecule has 79 valence electrons. The van der Waals surface area contributed by atoms with Gasteiger partial charge in [0, 0.05) is 0 Å². The van der Waals surface area contributed by atoms with Crippen LogP contribution < -0.4 is 0 Å². The average Bonchev–Trinajstić information content (AvgIpc) is 2.23. The number of hydrogen-bond donors (Lipinski definition) is 0. The van der Waals surface area contributed by atoms with Crippen molar-refractivity contribution in [3.05, 3.63) is 20.6 Å².